The predicted octanol–water partition coefficient (Wildman–Crippen LogP) is 2.91. The molecule has 0 saturated heterocycles. The Morgan fingerprint density at radius 2 is 1.71 bits per heavy atom. The Labute approximate surface area is 139 Å². The second-order valence-electron chi connectivity index (χ2n) is 5.19. The molecule has 0 bridgehead atoms. The smallest absolute Gasteiger partial charge is 0.256 e. The van der Waals surface area contributed by atoms with Crippen molar-refractivity contribution in [3.63, 3.8) is 0 Å². The van der Waals surface area contributed by atoms with Crippen LogP contribution in [0.3, 0.4) is 0 Å². The molecule has 0 aliphatic carbocycles. The van der Waals surface area contributed by atoms with Crippen LogP contribution < -0.4 is 19.5 Å². The Balaban J connectivity index is 2.13. The van der Waals surface area contributed by atoms with Gasteiger partial charge in [-0.3, -0.25) is 4.79 Å². The molecule has 24 heavy (non-hydrogen) atoms. The Morgan fingerprint density at radius 3 is 2.38 bits per heavy atom. The first-order valence-corrected chi connectivity index (χ1v) is 7.23. The van der Waals surface area contributed by atoms with Gasteiger partial charge in [-0.05, 0) is 30.3 Å². The molecule has 2 N–H and O–H groups in total. The van der Waals surface area contributed by atoms with E-state index in [9.17, 15) is 9.90 Å². The predicted molar refractivity (Wildman–Crippen MR) is 90.7 cm³/mol. The zero-order chi connectivity index (χ0) is 17.3. The van der Waals surface area contributed by atoms with Gasteiger partial charge < -0.3 is 24.6 Å². The Kier molecular flexibility index (Phi) is 4.04. The molecule has 124 valence electrons. The topological polar surface area (TPSA) is 77.0 Å². The number of aromatic hydroxyl groups is 1. The van der Waals surface area contributed by atoms with E-state index in [0.29, 0.717) is 39.6 Å². The quantitative estimate of drug-likeness (QED) is 0.844. The van der Waals surface area contributed by atoms with Gasteiger partial charge in [0, 0.05) is 22.8 Å². The molecule has 0 atom stereocenters. The molecule has 1 aliphatic heterocycles. The monoisotopic (exact) mass is 327 g/mol. The van der Waals surface area contributed by atoms with Gasteiger partial charge in [0.2, 0.25) is 0 Å². The van der Waals surface area contributed by atoms with Gasteiger partial charge in [0.25, 0.3) is 5.91 Å². The van der Waals surface area contributed by atoms with E-state index in [0.717, 1.165) is 0 Å². The van der Waals surface area contributed by atoms with E-state index < -0.39 is 0 Å². The lowest BCUT2D eigenvalue weighted by Gasteiger charge is -2.09. The average molecular weight is 327 g/mol. The number of hydrogen-bond acceptors (Lipinski definition) is 5. The van der Waals surface area contributed by atoms with E-state index in [1.165, 1.54) is 27.4 Å². The second-order valence-corrected chi connectivity index (χ2v) is 5.19. The third-order valence-electron chi connectivity index (χ3n) is 3.84. The lowest BCUT2D eigenvalue weighted by Crippen LogP contribution is -2.03. The lowest BCUT2D eigenvalue weighted by molar-refractivity contribution is -0.110. The molecular weight excluding hydrogens is 310 g/mol. The van der Waals surface area contributed by atoms with E-state index in [1.54, 1.807) is 30.3 Å². The van der Waals surface area contributed by atoms with Crippen LogP contribution in [0.2, 0.25) is 0 Å². The molecule has 6 nitrogen and oxygen atoms in total. The molecule has 2 aromatic carbocycles. The fourth-order valence-electron chi connectivity index (χ4n) is 2.59. The molecule has 1 amide bonds. The minimum Gasteiger partial charge on any atom is -0.507 e. The number of nitrogens with one attached hydrogen (secondary N) is 1. The van der Waals surface area contributed by atoms with Gasteiger partial charge in [0.05, 0.1) is 27.0 Å². The van der Waals surface area contributed by atoms with Crippen LogP contribution in [-0.2, 0) is 4.79 Å². The summed E-state index contributed by atoms with van der Waals surface area (Å²) in [5.74, 6) is 1.44. The van der Waals surface area contributed by atoms with Crippen molar-refractivity contribution in [2.75, 3.05) is 26.6 Å². The number of ether oxygens (including phenoxy) is 3. The highest BCUT2D eigenvalue weighted by atomic mass is 16.5. The fraction of sp³-hybridized carbons (Fsp3) is 0.167. The van der Waals surface area contributed by atoms with Gasteiger partial charge in [-0.1, -0.05) is 0 Å². The first kappa shape index (κ1) is 15.7. The van der Waals surface area contributed by atoms with Gasteiger partial charge in [-0.25, -0.2) is 0 Å². The number of amides is 1. The average Bonchev–Trinajstić information content (AvgIpc) is 2.90. The molecule has 0 unspecified atom stereocenters. The van der Waals surface area contributed by atoms with Crippen LogP contribution in [0, 0.1) is 0 Å². The number of rotatable bonds is 4. The van der Waals surface area contributed by atoms with Crippen LogP contribution in [-0.4, -0.2) is 32.3 Å². The number of phenols is 1. The summed E-state index contributed by atoms with van der Waals surface area (Å²) in [5, 5.41) is 12.8. The Morgan fingerprint density at radius 1 is 1.00 bits per heavy atom. The summed E-state index contributed by atoms with van der Waals surface area (Å²) in [5.41, 5.74) is 2.22. The minimum atomic E-state index is -0.262. The summed E-state index contributed by atoms with van der Waals surface area (Å²) in [7, 11) is 4.61. The third kappa shape index (κ3) is 2.62. The SMILES string of the molecule is COc1ccc(O)c(/C=C2\C(=O)Nc3cc(OC)c(OC)cc32)c1. The highest BCUT2D eigenvalue weighted by Gasteiger charge is 2.27. The van der Waals surface area contributed by atoms with Crippen molar-refractivity contribution in [2.24, 2.45) is 0 Å². The van der Waals surface area contributed by atoms with Crippen molar-refractivity contribution in [1.82, 2.24) is 0 Å². The van der Waals surface area contributed by atoms with Gasteiger partial charge >= 0.3 is 0 Å². The maximum atomic E-state index is 12.3. The van der Waals surface area contributed by atoms with Crippen LogP contribution in [0.15, 0.2) is 30.3 Å². The number of anilines is 1. The van der Waals surface area contributed by atoms with E-state index in [4.69, 9.17) is 14.2 Å². The maximum absolute atomic E-state index is 12.3. The zero-order valence-electron chi connectivity index (χ0n) is 13.5. The van der Waals surface area contributed by atoms with Crippen molar-refractivity contribution < 1.29 is 24.1 Å². The summed E-state index contributed by atoms with van der Waals surface area (Å²) in [6, 6.07) is 8.27. The van der Waals surface area contributed by atoms with Gasteiger partial charge in [0.1, 0.15) is 11.5 Å². The highest BCUT2D eigenvalue weighted by Crippen LogP contribution is 2.41. The van der Waals surface area contributed by atoms with Crippen LogP contribution in [0.25, 0.3) is 11.6 Å². The Bertz CT molecular complexity index is 842. The number of phenolic OH excluding ortho intramolecular Hbond substituents is 1. The van der Waals surface area contributed by atoms with E-state index in [-0.39, 0.29) is 11.7 Å². The first-order chi connectivity index (χ1) is 11.6. The number of benzene rings is 2. The number of carbonyl (C=O) groups is 1. The molecule has 0 spiro atoms. The van der Waals surface area contributed by atoms with E-state index >= 15 is 0 Å². The fourth-order valence-corrected chi connectivity index (χ4v) is 2.59. The summed E-state index contributed by atoms with van der Waals surface area (Å²) in [6.45, 7) is 0. The molecular formula is C18H17NO5. The Hall–Kier alpha value is -3.15. The minimum absolute atomic E-state index is 0.0602. The third-order valence-corrected chi connectivity index (χ3v) is 3.84. The number of carbonyl (C=O) groups excluding carboxylic acids is 1. The van der Waals surface area contributed by atoms with Crippen molar-refractivity contribution in [2.45, 2.75) is 0 Å². The van der Waals surface area contributed by atoms with Crippen LogP contribution in [0.1, 0.15) is 11.1 Å². The van der Waals surface area contributed by atoms with Crippen molar-refractivity contribution in [3.8, 4) is 23.0 Å². The summed E-state index contributed by atoms with van der Waals surface area (Å²) in [6.07, 6.45) is 1.62. The van der Waals surface area contributed by atoms with Crippen LogP contribution in [0.4, 0.5) is 5.69 Å². The molecule has 6 heteroatoms. The maximum Gasteiger partial charge on any atom is 0.256 e. The highest BCUT2D eigenvalue weighted by molar-refractivity contribution is 6.35. The number of fused-ring (bicyclic) bond motifs is 1. The van der Waals surface area contributed by atoms with E-state index in [1.807, 2.05) is 0 Å². The normalized spacial score (nSPS) is 14.3. The second kappa shape index (κ2) is 6.16. The zero-order valence-corrected chi connectivity index (χ0v) is 13.5. The van der Waals surface area contributed by atoms with Crippen molar-refractivity contribution in [3.05, 3.63) is 41.5 Å². The molecule has 1 heterocycles. The molecule has 2 aromatic rings. The summed E-state index contributed by atoms with van der Waals surface area (Å²) < 4.78 is 15.7. The number of methoxy groups -OCH3 is 3. The molecule has 0 radical (unpaired) electrons. The molecule has 1 aliphatic rings. The first-order valence-electron chi connectivity index (χ1n) is 7.23. The van der Waals surface area contributed by atoms with Crippen molar-refractivity contribution in [1.29, 1.82) is 0 Å². The standard InChI is InChI=1S/C18H17NO5/c1-22-11-4-5-15(20)10(6-11)7-13-12-8-16(23-2)17(24-3)9-14(12)19-18(13)21/h4-9,20H,1-3H3,(H,19,21)/b13-7-. The lowest BCUT2D eigenvalue weighted by atomic mass is 10.0. The largest absolute Gasteiger partial charge is 0.507 e. The van der Waals surface area contributed by atoms with Gasteiger partial charge in [0.15, 0.2) is 11.5 Å². The van der Waals surface area contributed by atoms with Gasteiger partial charge in [-0.2, -0.15) is 0 Å². The molecule has 0 fully saturated rings. The molecule has 3 rings (SSSR count). The summed E-state index contributed by atoms with van der Waals surface area (Å²) in [4.78, 5) is 12.3. The van der Waals surface area contributed by atoms with Crippen LogP contribution in [0.5, 0.6) is 23.0 Å². The molecule has 0 saturated carbocycles. The van der Waals surface area contributed by atoms with Crippen molar-refractivity contribution >= 4 is 23.2 Å². The summed E-state index contributed by atoms with van der Waals surface area (Å²) >= 11 is 0. The van der Waals surface area contributed by atoms with Gasteiger partial charge in [-0.15, -0.1) is 0 Å². The molecule has 0 aromatic heterocycles. The van der Waals surface area contributed by atoms with E-state index in [2.05, 4.69) is 5.32 Å². The number of hydrogen-bond donors (Lipinski definition) is 2. The van der Waals surface area contributed by atoms with Crippen LogP contribution >= 0.6 is 0 Å².